The van der Waals surface area contributed by atoms with Crippen molar-refractivity contribution in [1.29, 1.82) is 0 Å². The Morgan fingerprint density at radius 2 is 1.41 bits per heavy atom. The molecule has 1 fully saturated rings. The van der Waals surface area contributed by atoms with E-state index < -0.39 is 10.0 Å². The van der Waals surface area contributed by atoms with Crippen molar-refractivity contribution >= 4 is 21.7 Å². The summed E-state index contributed by atoms with van der Waals surface area (Å²) in [6.07, 6.45) is 3.91. The molecule has 2 amide bonds. The van der Waals surface area contributed by atoms with E-state index in [0.717, 1.165) is 5.69 Å². The van der Waals surface area contributed by atoms with Crippen molar-refractivity contribution in [1.82, 2.24) is 13.8 Å². The van der Waals surface area contributed by atoms with E-state index in [4.69, 9.17) is 0 Å². The second-order valence-electron chi connectivity index (χ2n) is 6.77. The van der Waals surface area contributed by atoms with Gasteiger partial charge in [0.1, 0.15) is 0 Å². The summed E-state index contributed by atoms with van der Waals surface area (Å²) in [7, 11) is -3.52. The zero-order valence-electron chi connectivity index (χ0n) is 15.8. The van der Waals surface area contributed by atoms with E-state index >= 15 is 0 Å². The maximum Gasteiger partial charge on any atom is 0.321 e. The van der Waals surface area contributed by atoms with Gasteiger partial charge in [0.25, 0.3) is 0 Å². The summed E-state index contributed by atoms with van der Waals surface area (Å²) in [5, 5.41) is 2.88. The van der Waals surface area contributed by atoms with Crippen LogP contribution in [0.1, 0.15) is 0 Å². The van der Waals surface area contributed by atoms with Gasteiger partial charge in [0.15, 0.2) is 0 Å². The number of benzene rings is 2. The smallest absolute Gasteiger partial charge is 0.321 e. The van der Waals surface area contributed by atoms with Crippen LogP contribution in [0.2, 0.25) is 0 Å². The highest BCUT2D eigenvalue weighted by atomic mass is 32.2. The number of rotatable bonds is 4. The normalized spacial score (nSPS) is 15.2. The number of nitrogens with zero attached hydrogens (tertiary/aromatic N) is 3. The molecule has 0 atom stereocenters. The van der Waals surface area contributed by atoms with Crippen LogP contribution in [0.4, 0.5) is 10.5 Å². The average Bonchev–Trinajstić information content (AvgIpc) is 3.30. The fraction of sp³-hybridized carbons (Fsp3) is 0.190. The molecular formula is C21H22N4O3S. The molecular weight excluding hydrogens is 388 g/mol. The second-order valence-corrected chi connectivity index (χ2v) is 8.71. The number of carbonyl (C=O) groups is 1. The van der Waals surface area contributed by atoms with Gasteiger partial charge in [0.05, 0.1) is 4.90 Å². The Bertz CT molecular complexity index is 1060. The van der Waals surface area contributed by atoms with Crippen molar-refractivity contribution in [2.45, 2.75) is 4.90 Å². The molecule has 0 unspecified atom stereocenters. The summed E-state index contributed by atoms with van der Waals surface area (Å²) in [5.41, 5.74) is 1.71. The number of hydrogen-bond acceptors (Lipinski definition) is 3. The summed E-state index contributed by atoms with van der Waals surface area (Å²) in [6.45, 7) is 1.24. The van der Waals surface area contributed by atoms with Crippen LogP contribution in [0.5, 0.6) is 0 Å². The fourth-order valence-corrected chi connectivity index (χ4v) is 4.74. The summed E-state index contributed by atoms with van der Waals surface area (Å²) in [4.78, 5) is 14.5. The quantitative estimate of drug-likeness (QED) is 0.718. The van der Waals surface area contributed by atoms with Crippen molar-refractivity contribution in [3.63, 3.8) is 0 Å². The van der Waals surface area contributed by atoms with E-state index in [1.54, 1.807) is 35.2 Å². The van der Waals surface area contributed by atoms with Gasteiger partial charge in [0, 0.05) is 49.9 Å². The molecule has 3 aromatic rings. The lowest BCUT2D eigenvalue weighted by Crippen LogP contribution is -2.51. The minimum absolute atomic E-state index is 0.226. The molecule has 7 nitrogen and oxygen atoms in total. The Morgan fingerprint density at radius 1 is 0.793 bits per heavy atom. The van der Waals surface area contributed by atoms with Gasteiger partial charge < -0.3 is 14.8 Å². The van der Waals surface area contributed by atoms with Gasteiger partial charge in [-0.1, -0.05) is 18.2 Å². The Morgan fingerprint density at radius 3 is 2.03 bits per heavy atom. The SMILES string of the molecule is O=C(Nc1ccc(-n2cccc2)cc1)N1CCN(S(=O)(=O)c2ccccc2)CC1. The first kappa shape index (κ1) is 19.2. The molecule has 29 heavy (non-hydrogen) atoms. The van der Waals surface area contributed by atoms with Gasteiger partial charge in [0.2, 0.25) is 10.0 Å². The predicted molar refractivity (Wildman–Crippen MR) is 112 cm³/mol. The monoisotopic (exact) mass is 410 g/mol. The van der Waals surface area contributed by atoms with E-state index in [0.29, 0.717) is 18.8 Å². The van der Waals surface area contributed by atoms with Gasteiger partial charge in [-0.15, -0.1) is 0 Å². The molecule has 1 saturated heterocycles. The van der Waals surface area contributed by atoms with Crippen molar-refractivity contribution < 1.29 is 13.2 Å². The molecule has 0 saturated carbocycles. The number of anilines is 1. The van der Waals surface area contributed by atoms with Crippen molar-refractivity contribution in [2.75, 3.05) is 31.5 Å². The molecule has 2 heterocycles. The summed E-state index contributed by atoms with van der Waals surface area (Å²) in [5.74, 6) is 0. The first-order chi connectivity index (χ1) is 14.0. The van der Waals surface area contributed by atoms with E-state index in [9.17, 15) is 13.2 Å². The van der Waals surface area contributed by atoms with Crippen LogP contribution in [0.3, 0.4) is 0 Å². The highest BCUT2D eigenvalue weighted by Crippen LogP contribution is 2.18. The number of amides is 2. The maximum absolute atomic E-state index is 12.7. The van der Waals surface area contributed by atoms with E-state index in [2.05, 4.69) is 5.32 Å². The molecule has 4 rings (SSSR count). The first-order valence-electron chi connectivity index (χ1n) is 9.38. The summed E-state index contributed by atoms with van der Waals surface area (Å²) >= 11 is 0. The van der Waals surface area contributed by atoms with E-state index in [1.165, 1.54) is 4.31 Å². The molecule has 150 valence electrons. The predicted octanol–water partition coefficient (Wildman–Crippen LogP) is 3.02. The zero-order chi connectivity index (χ0) is 20.3. The molecule has 1 aliphatic rings. The van der Waals surface area contributed by atoms with Crippen LogP contribution in [0.15, 0.2) is 84.0 Å². The summed E-state index contributed by atoms with van der Waals surface area (Å²) < 4.78 is 28.8. The minimum Gasteiger partial charge on any atom is -0.324 e. The van der Waals surface area contributed by atoms with Crippen LogP contribution >= 0.6 is 0 Å². The lowest BCUT2D eigenvalue weighted by Gasteiger charge is -2.34. The molecule has 2 aromatic carbocycles. The molecule has 0 radical (unpaired) electrons. The number of piperazine rings is 1. The van der Waals surface area contributed by atoms with Crippen molar-refractivity contribution in [2.24, 2.45) is 0 Å². The molecule has 0 aliphatic carbocycles. The topological polar surface area (TPSA) is 74.7 Å². The Hall–Kier alpha value is -3.10. The van der Waals surface area contributed by atoms with Crippen LogP contribution in [0.25, 0.3) is 5.69 Å². The Kier molecular flexibility index (Phi) is 5.37. The number of hydrogen-bond donors (Lipinski definition) is 1. The average molecular weight is 410 g/mol. The molecule has 0 bridgehead atoms. The third kappa shape index (κ3) is 4.18. The molecule has 1 aliphatic heterocycles. The van der Waals surface area contributed by atoms with Crippen molar-refractivity contribution in [3.05, 3.63) is 79.1 Å². The highest BCUT2D eigenvalue weighted by molar-refractivity contribution is 7.89. The van der Waals surface area contributed by atoms with Crippen LogP contribution < -0.4 is 5.32 Å². The zero-order valence-corrected chi connectivity index (χ0v) is 16.6. The molecule has 0 spiro atoms. The van der Waals surface area contributed by atoms with Crippen LogP contribution in [-0.4, -0.2) is 54.4 Å². The minimum atomic E-state index is -3.52. The Balaban J connectivity index is 1.34. The van der Waals surface area contributed by atoms with Gasteiger partial charge in [-0.3, -0.25) is 0 Å². The highest BCUT2D eigenvalue weighted by Gasteiger charge is 2.29. The second kappa shape index (κ2) is 8.10. The van der Waals surface area contributed by atoms with Gasteiger partial charge in [-0.05, 0) is 48.5 Å². The fourth-order valence-electron chi connectivity index (χ4n) is 3.30. The van der Waals surface area contributed by atoms with Crippen LogP contribution in [0, 0.1) is 0 Å². The number of sulfonamides is 1. The Labute approximate surface area is 170 Å². The lowest BCUT2D eigenvalue weighted by atomic mass is 10.3. The van der Waals surface area contributed by atoms with Crippen LogP contribution in [-0.2, 0) is 10.0 Å². The molecule has 1 N–H and O–H groups in total. The maximum atomic E-state index is 12.7. The number of urea groups is 1. The number of carbonyl (C=O) groups excluding carboxylic acids is 1. The first-order valence-corrected chi connectivity index (χ1v) is 10.8. The standard InChI is InChI=1S/C21H22N4O3S/c26-21(22-18-8-10-19(11-9-18)23-12-4-5-13-23)24-14-16-25(17-15-24)29(27,28)20-6-2-1-3-7-20/h1-13H,14-17H2,(H,22,26). The van der Waals surface area contributed by atoms with E-state index in [1.807, 2.05) is 53.4 Å². The third-order valence-electron chi connectivity index (χ3n) is 4.93. The van der Waals surface area contributed by atoms with Gasteiger partial charge in [-0.25, -0.2) is 13.2 Å². The third-order valence-corrected chi connectivity index (χ3v) is 6.84. The van der Waals surface area contributed by atoms with Gasteiger partial charge >= 0.3 is 6.03 Å². The number of nitrogens with one attached hydrogen (secondary N) is 1. The summed E-state index contributed by atoms with van der Waals surface area (Å²) in [6, 6.07) is 19.6. The molecule has 8 heteroatoms. The largest absolute Gasteiger partial charge is 0.324 e. The van der Waals surface area contributed by atoms with Gasteiger partial charge in [-0.2, -0.15) is 4.31 Å². The number of aromatic nitrogens is 1. The van der Waals surface area contributed by atoms with E-state index in [-0.39, 0.29) is 24.0 Å². The van der Waals surface area contributed by atoms with Crippen molar-refractivity contribution in [3.8, 4) is 5.69 Å². The molecule has 1 aromatic heterocycles. The lowest BCUT2D eigenvalue weighted by molar-refractivity contribution is 0.184.